The van der Waals surface area contributed by atoms with Crippen LogP contribution >= 0.6 is 0 Å². The molecule has 1 heteroatoms. The van der Waals surface area contributed by atoms with Gasteiger partial charge in [0.15, 0.2) is 0 Å². The van der Waals surface area contributed by atoms with E-state index in [9.17, 15) is 0 Å². The van der Waals surface area contributed by atoms with Crippen LogP contribution in [0.2, 0.25) is 0 Å². The van der Waals surface area contributed by atoms with Crippen LogP contribution < -0.4 is 5.32 Å². The summed E-state index contributed by atoms with van der Waals surface area (Å²) in [7, 11) is 0. The van der Waals surface area contributed by atoms with Gasteiger partial charge in [0, 0.05) is 6.04 Å². The van der Waals surface area contributed by atoms with Gasteiger partial charge in [0.1, 0.15) is 0 Å². The Morgan fingerprint density at radius 3 is 2.47 bits per heavy atom. The largest absolute Gasteiger partial charge is 0.314 e. The highest BCUT2D eigenvalue weighted by Crippen LogP contribution is 2.21. The van der Waals surface area contributed by atoms with Crippen molar-refractivity contribution in [1.29, 1.82) is 0 Å². The summed E-state index contributed by atoms with van der Waals surface area (Å²) in [4.78, 5) is 0. The second-order valence-electron chi connectivity index (χ2n) is 5.73. The molecule has 102 valence electrons. The molecule has 2 aromatic rings. The summed E-state index contributed by atoms with van der Waals surface area (Å²) in [5, 5.41) is 6.37. The average Bonchev–Trinajstić information content (AvgIpc) is 2.39. The summed E-state index contributed by atoms with van der Waals surface area (Å²) in [6.07, 6.45) is 2.35. The quantitative estimate of drug-likeness (QED) is 0.806. The van der Waals surface area contributed by atoms with E-state index in [-0.39, 0.29) is 0 Å². The molecule has 0 aromatic heterocycles. The summed E-state index contributed by atoms with van der Waals surface area (Å²) < 4.78 is 0. The molecular weight excluding hydrogens is 230 g/mol. The molecule has 1 unspecified atom stereocenters. The summed E-state index contributed by atoms with van der Waals surface area (Å²) in [5.41, 5.74) is 1.46. The maximum atomic E-state index is 3.63. The van der Waals surface area contributed by atoms with E-state index in [2.05, 4.69) is 68.6 Å². The Bertz CT molecular complexity index is 511. The maximum absolute atomic E-state index is 3.63. The normalized spacial score (nSPS) is 13.1. The van der Waals surface area contributed by atoms with Gasteiger partial charge in [-0.15, -0.1) is 0 Å². The van der Waals surface area contributed by atoms with Gasteiger partial charge in [-0.1, -0.05) is 63.2 Å². The Balaban J connectivity index is 2.23. The lowest BCUT2D eigenvalue weighted by atomic mass is 9.94. The predicted octanol–water partition coefficient (Wildman–Crippen LogP) is 4.41. The van der Waals surface area contributed by atoms with Crippen LogP contribution in [0.4, 0.5) is 0 Å². The van der Waals surface area contributed by atoms with E-state index in [1.807, 2.05) is 0 Å². The van der Waals surface area contributed by atoms with Crippen LogP contribution in [0.1, 0.15) is 32.8 Å². The molecule has 0 saturated carbocycles. The minimum atomic E-state index is 0.579. The molecule has 19 heavy (non-hydrogen) atoms. The SMILES string of the molecule is CCNC(Cc1cccc2ccccc12)CC(C)C. The molecule has 2 rings (SSSR count). The minimum Gasteiger partial charge on any atom is -0.314 e. The van der Waals surface area contributed by atoms with Gasteiger partial charge in [-0.05, 0) is 41.6 Å². The van der Waals surface area contributed by atoms with E-state index >= 15 is 0 Å². The van der Waals surface area contributed by atoms with Crippen LogP contribution in [0.15, 0.2) is 42.5 Å². The zero-order valence-electron chi connectivity index (χ0n) is 12.3. The topological polar surface area (TPSA) is 12.0 Å². The summed E-state index contributed by atoms with van der Waals surface area (Å²) in [6.45, 7) is 7.83. The van der Waals surface area contributed by atoms with Crippen LogP contribution in [-0.2, 0) is 6.42 Å². The van der Waals surface area contributed by atoms with Crippen molar-refractivity contribution >= 4 is 10.8 Å². The average molecular weight is 255 g/mol. The fraction of sp³-hybridized carbons (Fsp3) is 0.444. The molecule has 0 bridgehead atoms. The van der Waals surface area contributed by atoms with Crippen molar-refractivity contribution in [2.45, 2.75) is 39.7 Å². The molecule has 0 spiro atoms. The Kier molecular flexibility index (Phi) is 4.98. The van der Waals surface area contributed by atoms with Crippen molar-refractivity contribution in [3.8, 4) is 0 Å². The first-order valence-corrected chi connectivity index (χ1v) is 7.40. The zero-order chi connectivity index (χ0) is 13.7. The highest BCUT2D eigenvalue weighted by molar-refractivity contribution is 5.85. The predicted molar refractivity (Wildman–Crippen MR) is 84.6 cm³/mol. The number of benzene rings is 2. The van der Waals surface area contributed by atoms with E-state index in [1.54, 1.807) is 0 Å². The monoisotopic (exact) mass is 255 g/mol. The molecule has 1 nitrogen and oxygen atoms in total. The van der Waals surface area contributed by atoms with Gasteiger partial charge in [0.05, 0.1) is 0 Å². The third-order valence-corrected chi connectivity index (χ3v) is 3.59. The van der Waals surface area contributed by atoms with Crippen molar-refractivity contribution in [3.63, 3.8) is 0 Å². The van der Waals surface area contributed by atoms with Gasteiger partial charge in [0.2, 0.25) is 0 Å². The third-order valence-electron chi connectivity index (χ3n) is 3.59. The zero-order valence-corrected chi connectivity index (χ0v) is 12.3. The Morgan fingerprint density at radius 1 is 1.00 bits per heavy atom. The van der Waals surface area contributed by atoms with E-state index in [1.165, 1.54) is 22.8 Å². The van der Waals surface area contributed by atoms with Crippen molar-refractivity contribution in [2.24, 2.45) is 5.92 Å². The second-order valence-corrected chi connectivity index (χ2v) is 5.73. The molecule has 0 amide bonds. The van der Waals surface area contributed by atoms with Gasteiger partial charge in [0.25, 0.3) is 0 Å². The van der Waals surface area contributed by atoms with Crippen molar-refractivity contribution in [2.75, 3.05) is 6.54 Å². The lowest BCUT2D eigenvalue weighted by Crippen LogP contribution is -2.32. The van der Waals surface area contributed by atoms with Gasteiger partial charge in [-0.25, -0.2) is 0 Å². The second kappa shape index (κ2) is 6.72. The molecule has 0 saturated heterocycles. The van der Waals surface area contributed by atoms with E-state index in [0.29, 0.717) is 6.04 Å². The fourth-order valence-corrected chi connectivity index (χ4v) is 2.83. The Morgan fingerprint density at radius 2 is 1.74 bits per heavy atom. The molecule has 1 atom stereocenters. The van der Waals surface area contributed by atoms with Gasteiger partial charge in [-0.2, -0.15) is 0 Å². The highest BCUT2D eigenvalue weighted by Gasteiger charge is 2.12. The van der Waals surface area contributed by atoms with Crippen molar-refractivity contribution < 1.29 is 0 Å². The molecule has 0 heterocycles. The summed E-state index contributed by atoms with van der Waals surface area (Å²) >= 11 is 0. The van der Waals surface area contributed by atoms with Crippen LogP contribution in [0.5, 0.6) is 0 Å². The van der Waals surface area contributed by atoms with Gasteiger partial charge >= 0.3 is 0 Å². The Labute approximate surface area is 117 Å². The van der Waals surface area contributed by atoms with Crippen LogP contribution in [0, 0.1) is 5.92 Å². The first-order valence-electron chi connectivity index (χ1n) is 7.40. The molecular formula is C18H25N. The van der Waals surface area contributed by atoms with Gasteiger partial charge < -0.3 is 5.32 Å². The Hall–Kier alpha value is -1.34. The van der Waals surface area contributed by atoms with Gasteiger partial charge in [-0.3, -0.25) is 0 Å². The highest BCUT2D eigenvalue weighted by atomic mass is 14.9. The molecule has 1 N–H and O–H groups in total. The van der Waals surface area contributed by atoms with E-state index < -0.39 is 0 Å². The number of nitrogens with one attached hydrogen (secondary N) is 1. The lowest BCUT2D eigenvalue weighted by Gasteiger charge is -2.21. The number of hydrogen-bond donors (Lipinski definition) is 1. The number of rotatable bonds is 6. The van der Waals surface area contributed by atoms with Crippen LogP contribution in [0.3, 0.4) is 0 Å². The minimum absolute atomic E-state index is 0.579. The molecule has 0 aliphatic heterocycles. The number of fused-ring (bicyclic) bond motifs is 1. The smallest absolute Gasteiger partial charge is 0.0110 e. The third kappa shape index (κ3) is 3.81. The first-order chi connectivity index (χ1) is 9.20. The first kappa shape index (κ1) is 14.1. The van der Waals surface area contributed by atoms with Crippen molar-refractivity contribution in [1.82, 2.24) is 5.32 Å². The fourth-order valence-electron chi connectivity index (χ4n) is 2.83. The van der Waals surface area contributed by atoms with E-state index in [4.69, 9.17) is 0 Å². The molecule has 2 aromatic carbocycles. The molecule has 0 fully saturated rings. The summed E-state index contributed by atoms with van der Waals surface area (Å²) in [5.74, 6) is 0.735. The molecule has 0 aliphatic rings. The van der Waals surface area contributed by atoms with Crippen LogP contribution in [-0.4, -0.2) is 12.6 Å². The molecule has 0 radical (unpaired) electrons. The standard InChI is InChI=1S/C18H25N/c1-4-19-17(12-14(2)3)13-16-10-7-9-15-8-5-6-11-18(15)16/h5-11,14,17,19H,4,12-13H2,1-3H3. The van der Waals surface area contributed by atoms with Crippen LogP contribution in [0.25, 0.3) is 10.8 Å². The number of hydrogen-bond acceptors (Lipinski definition) is 1. The van der Waals surface area contributed by atoms with Crippen molar-refractivity contribution in [3.05, 3.63) is 48.0 Å². The van der Waals surface area contributed by atoms with E-state index in [0.717, 1.165) is 18.9 Å². The summed E-state index contributed by atoms with van der Waals surface area (Å²) in [6, 6.07) is 15.9. The molecule has 0 aliphatic carbocycles. The maximum Gasteiger partial charge on any atom is 0.0110 e. The number of likely N-dealkylation sites (N-methyl/N-ethyl adjacent to an activating group) is 1. The lowest BCUT2D eigenvalue weighted by molar-refractivity contribution is 0.424.